The topological polar surface area (TPSA) is 16.3 Å². The molecule has 2 aromatic heterocycles. The van der Waals surface area contributed by atoms with Crippen molar-refractivity contribution in [3.63, 3.8) is 0 Å². The Hall–Kier alpha value is -14.1. The van der Waals surface area contributed by atoms with Crippen molar-refractivity contribution in [1.29, 1.82) is 0 Å². The molecule has 4 heterocycles. The van der Waals surface area contributed by atoms with Gasteiger partial charge in [0, 0.05) is 44.0 Å². The lowest BCUT2D eigenvalue weighted by Gasteiger charge is -2.47. The number of fused-ring (bicyclic) bond motifs is 10. The maximum absolute atomic E-state index is 2.54. The van der Waals surface area contributed by atoms with Crippen LogP contribution in [0.3, 0.4) is 0 Å². The zero-order valence-corrected chi connectivity index (χ0v) is 59.2. The van der Waals surface area contributed by atoms with Crippen LogP contribution in [0.15, 0.2) is 425 Å². The first-order valence-corrected chi connectivity index (χ1v) is 37.4. The summed E-state index contributed by atoms with van der Waals surface area (Å²) in [5, 5.41) is 4.87. The van der Waals surface area contributed by atoms with Crippen LogP contribution in [-0.2, 0) is 10.8 Å². The van der Waals surface area contributed by atoms with Crippen LogP contribution < -0.4 is 9.80 Å². The van der Waals surface area contributed by atoms with Gasteiger partial charge in [-0.1, -0.05) is 340 Å². The molecule has 2 aliphatic heterocycles. The van der Waals surface area contributed by atoms with Gasteiger partial charge < -0.3 is 18.9 Å². The maximum Gasteiger partial charge on any atom is 0.0742 e. The lowest BCUT2D eigenvalue weighted by atomic mass is 9.62. The van der Waals surface area contributed by atoms with Crippen molar-refractivity contribution in [3.05, 3.63) is 469 Å². The second-order valence-electron chi connectivity index (χ2n) is 28.5. The van der Waals surface area contributed by atoms with Crippen molar-refractivity contribution in [2.75, 3.05) is 9.80 Å². The van der Waals surface area contributed by atoms with E-state index in [4.69, 9.17) is 0 Å². The van der Waals surface area contributed by atoms with E-state index < -0.39 is 10.8 Å². The van der Waals surface area contributed by atoms with Crippen molar-refractivity contribution in [2.45, 2.75) is 10.8 Å². The number of anilines is 6. The second kappa shape index (κ2) is 25.4. The monoisotopic (exact) mass is 1370 g/mol. The first-order valence-electron chi connectivity index (χ1n) is 37.4. The molecule has 0 spiro atoms. The van der Waals surface area contributed by atoms with Gasteiger partial charge in [-0.15, -0.1) is 0 Å². The summed E-state index contributed by atoms with van der Waals surface area (Å²) in [6.07, 6.45) is 0. The molecule has 0 unspecified atom stereocenters. The van der Waals surface area contributed by atoms with Crippen LogP contribution in [0.5, 0.6) is 0 Å². The second-order valence-corrected chi connectivity index (χ2v) is 28.5. The van der Waals surface area contributed by atoms with Gasteiger partial charge in [0.1, 0.15) is 0 Å². The molecule has 108 heavy (non-hydrogen) atoms. The predicted octanol–water partition coefficient (Wildman–Crippen LogP) is 26.9. The largest absolute Gasteiger partial charge is 0.310 e. The molecule has 0 aliphatic carbocycles. The van der Waals surface area contributed by atoms with Crippen molar-refractivity contribution >= 4 is 77.7 Å². The molecule has 0 radical (unpaired) electrons. The molecule has 0 atom stereocenters. The summed E-state index contributed by atoms with van der Waals surface area (Å²) in [5.41, 5.74) is 31.2. The number of rotatable bonds is 12. The van der Waals surface area contributed by atoms with Crippen molar-refractivity contribution in [1.82, 2.24) is 9.13 Å². The molecule has 4 nitrogen and oxygen atoms in total. The Labute approximate surface area is 628 Å². The molecule has 0 bridgehead atoms. The van der Waals surface area contributed by atoms with E-state index >= 15 is 0 Å². The summed E-state index contributed by atoms with van der Waals surface area (Å²) < 4.78 is 4.98. The van der Waals surface area contributed by atoms with Crippen LogP contribution in [0.1, 0.15) is 44.5 Å². The normalized spacial score (nSPS) is 13.3. The Morgan fingerprint density at radius 2 is 0.491 bits per heavy atom. The summed E-state index contributed by atoms with van der Waals surface area (Å²) in [7, 11) is 0. The van der Waals surface area contributed by atoms with Gasteiger partial charge in [0.2, 0.25) is 0 Å². The van der Waals surface area contributed by atoms with E-state index in [0.29, 0.717) is 0 Å². The van der Waals surface area contributed by atoms with Gasteiger partial charge in [0.05, 0.1) is 67.0 Å². The number of hydrogen-bond donors (Lipinski definition) is 0. The van der Waals surface area contributed by atoms with E-state index in [2.05, 4.69) is 444 Å². The molecule has 0 saturated carbocycles. The first kappa shape index (κ1) is 62.5. The number of hydrogen-bond acceptors (Lipinski definition) is 2. The van der Waals surface area contributed by atoms with Gasteiger partial charge in [-0.05, 0) is 163 Å². The van der Waals surface area contributed by atoms with Crippen molar-refractivity contribution in [2.24, 2.45) is 0 Å². The fraction of sp³-hybridized carbons (Fsp3) is 0.0192. The average Bonchev–Trinajstić information content (AvgIpc) is 1.08. The van der Waals surface area contributed by atoms with Crippen LogP contribution >= 0.6 is 0 Å². The fourth-order valence-electron chi connectivity index (χ4n) is 18.7. The zero-order chi connectivity index (χ0) is 71.3. The fourth-order valence-corrected chi connectivity index (χ4v) is 18.7. The summed E-state index contributed by atoms with van der Waals surface area (Å²) in [4.78, 5) is 5.04. The van der Waals surface area contributed by atoms with Gasteiger partial charge >= 0.3 is 0 Å². The van der Waals surface area contributed by atoms with Crippen LogP contribution in [0.2, 0.25) is 0 Å². The lowest BCUT2D eigenvalue weighted by Crippen LogP contribution is -2.38. The zero-order valence-electron chi connectivity index (χ0n) is 59.2. The highest BCUT2D eigenvalue weighted by molar-refractivity contribution is 6.22. The van der Waals surface area contributed by atoms with Crippen LogP contribution in [-0.4, -0.2) is 9.13 Å². The smallest absolute Gasteiger partial charge is 0.0742 e. The number of para-hydroxylation sites is 7. The minimum Gasteiger partial charge on any atom is -0.310 e. The van der Waals surface area contributed by atoms with Crippen molar-refractivity contribution in [3.8, 4) is 55.9 Å². The molecule has 0 N–H and O–H groups in total. The Morgan fingerprint density at radius 1 is 0.176 bits per heavy atom. The summed E-state index contributed by atoms with van der Waals surface area (Å²) in [5.74, 6) is 0. The summed E-state index contributed by atoms with van der Waals surface area (Å²) in [6, 6.07) is 158. The molecular weight excluding hydrogens is 1310 g/mol. The van der Waals surface area contributed by atoms with E-state index in [1.165, 1.54) is 99.3 Å². The molecule has 21 rings (SSSR count). The van der Waals surface area contributed by atoms with Crippen LogP contribution in [0.4, 0.5) is 34.1 Å². The number of benzene rings is 17. The highest BCUT2D eigenvalue weighted by Crippen LogP contribution is 2.61. The quantitative estimate of drug-likeness (QED) is 0.121. The third kappa shape index (κ3) is 9.43. The summed E-state index contributed by atoms with van der Waals surface area (Å²) >= 11 is 0. The molecule has 0 fully saturated rings. The molecular formula is C104H70N4. The SMILES string of the molecule is c1ccc(-c2ccccc2-n2c3ccccc3c3c(-c4cccc5c4c4ccccc4n5-c4ccccc4-c4cccc(-c5ccc6c(c5)N(c5cccc(N7c8ccccc8C(c8ccccc8)(c8ccccc8)c8ccccc87)c5)c5ccccc5C6(c5ccccc5)c5ccccc5)c4)cccc32)cc1. The molecule has 0 saturated heterocycles. The van der Waals surface area contributed by atoms with Gasteiger partial charge in [-0.2, -0.15) is 0 Å². The number of aromatic nitrogens is 2. The van der Waals surface area contributed by atoms with E-state index in [1.807, 2.05) is 0 Å². The van der Waals surface area contributed by atoms with E-state index in [1.54, 1.807) is 0 Å². The Balaban J connectivity index is 0.729. The van der Waals surface area contributed by atoms with E-state index in [9.17, 15) is 0 Å². The molecule has 0 amide bonds. The molecule has 2 aliphatic rings. The Morgan fingerprint density at radius 3 is 0.963 bits per heavy atom. The predicted molar refractivity (Wildman–Crippen MR) is 450 cm³/mol. The Bertz CT molecular complexity index is 6560. The average molecular weight is 1380 g/mol. The molecule has 506 valence electrons. The molecule has 17 aromatic carbocycles. The highest BCUT2D eigenvalue weighted by atomic mass is 15.2. The third-order valence-corrected chi connectivity index (χ3v) is 23.0. The van der Waals surface area contributed by atoms with Crippen LogP contribution in [0, 0.1) is 0 Å². The van der Waals surface area contributed by atoms with E-state index in [0.717, 1.165) is 78.8 Å². The minimum absolute atomic E-state index is 0.600. The maximum atomic E-state index is 2.54. The standard InChI is InChI=1S/C104H70N4/c1-6-34-71(35-7-1)81-48-16-23-57-91(81)107-93-59-25-18-50-85(93)101-83(52-32-64-98(101)107)84-53-33-65-99-102(84)86-51-19-26-60-94(86)108(99)92-58-24-17-49-82(92)74-37-30-36-72(68-74)73-66-67-90-100(69-73)106(97-63-29-22-56-89(97)104(90,77-42-12-4-13-43-77)78-44-14-5-15-45-78)80-47-31-46-79(70-80)105-95-61-27-20-54-87(95)103(75-38-8-2-9-39-75,76-40-10-3-11-41-76)88-55-21-28-62-96(88)105/h1-70H. The van der Waals surface area contributed by atoms with Gasteiger partial charge in [0.15, 0.2) is 0 Å². The lowest BCUT2D eigenvalue weighted by molar-refractivity contribution is 0.730. The molecule has 19 aromatic rings. The molecule has 4 heteroatoms. The summed E-state index contributed by atoms with van der Waals surface area (Å²) in [6.45, 7) is 0. The van der Waals surface area contributed by atoms with Crippen molar-refractivity contribution < 1.29 is 0 Å². The highest BCUT2D eigenvalue weighted by Gasteiger charge is 2.49. The number of nitrogens with zero attached hydrogens (tertiary/aromatic N) is 4. The van der Waals surface area contributed by atoms with Gasteiger partial charge in [-0.3, -0.25) is 0 Å². The van der Waals surface area contributed by atoms with E-state index in [-0.39, 0.29) is 0 Å². The first-order chi connectivity index (χ1) is 53.6. The third-order valence-electron chi connectivity index (χ3n) is 23.0. The van der Waals surface area contributed by atoms with Gasteiger partial charge in [0.25, 0.3) is 0 Å². The minimum atomic E-state index is -0.701. The van der Waals surface area contributed by atoms with Crippen LogP contribution in [0.25, 0.3) is 99.5 Å². The Kier molecular flexibility index (Phi) is 14.7. The van der Waals surface area contributed by atoms with Gasteiger partial charge in [-0.25, -0.2) is 0 Å².